The lowest BCUT2D eigenvalue weighted by Crippen LogP contribution is -2.36. The van der Waals surface area contributed by atoms with Gasteiger partial charge in [-0.3, -0.25) is 4.99 Å². The van der Waals surface area contributed by atoms with Crippen molar-refractivity contribution in [3.8, 4) is 17.2 Å². The van der Waals surface area contributed by atoms with E-state index in [1.165, 1.54) is 12.1 Å². The molecule has 0 unspecified atom stereocenters. The highest BCUT2D eigenvalue weighted by atomic mass is 127. The molecule has 0 saturated heterocycles. The van der Waals surface area contributed by atoms with Crippen molar-refractivity contribution in [3.05, 3.63) is 53.3 Å². The van der Waals surface area contributed by atoms with Crippen LogP contribution in [0.1, 0.15) is 11.1 Å². The van der Waals surface area contributed by atoms with Gasteiger partial charge in [0.15, 0.2) is 5.96 Å². The van der Waals surface area contributed by atoms with E-state index in [1.54, 1.807) is 52.6 Å². The predicted molar refractivity (Wildman–Crippen MR) is 115 cm³/mol. The molecule has 2 aromatic rings. The second-order valence-electron chi connectivity index (χ2n) is 5.42. The fourth-order valence-corrected chi connectivity index (χ4v) is 2.43. The number of hydrogen-bond donors (Lipinski definition) is 2. The second-order valence-corrected chi connectivity index (χ2v) is 5.42. The quantitative estimate of drug-likeness (QED) is 0.355. The number of ether oxygens (including phenoxy) is 3. The molecule has 2 aromatic carbocycles. The lowest BCUT2D eigenvalue weighted by molar-refractivity contribution is 0.368. The highest BCUT2D eigenvalue weighted by Crippen LogP contribution is 2.33. The molecule has 2 rings (SSSR count). The molecular weight excluding hydrogens is 464 g/mol. The van der Waals surface area contributed by atoms with E-state index in [0.717, 1.165) is 11.1 Å². The summed E-state index contributed by atoms with van der Waals surface area (Å²) in [6.07, 6.45) is 0. The molecule has 2 N–H and O–H groups in total. The molecule has 6 nitrogen and oxygen atoms in total. The minimum atomic E-state index is -0.255. The number of guanidine groups is 1. The summed E-state index contributed by atoms with van der Waals surface area (Å²) >= 11 is 0. The summed E-state index contributed by atoms with van der Waals surface area (Å²) in [4.78, 5) is 4.19. The third-order valence-electron chi connectivity index (χ3n) is 3.85. The first-order chi connectivity index (χ1) is 12.6. The van der Waals surface area contributed by atoms with E-state index in [9.17, 15) is 4.39 Å². The van der Waals surface area contributed by atoms with Gasteiger partial charge in [0.2, 0.25) is 0 Å². The van der Waals surface area contributed by atoms with E-state index in [1.807, 2.05) is 0 Å². The zero-order valence-corrected chi connectivity index (χ0v) is 18.2. The molecule has 0 heterocycles. The maximum atomic E-state index is 13.0. The average Bonchev–Trinajstić information content (AvgIpc) is 2.68. The summed E-state index contributed by atoms with van der Waals surface area (Å²) in [5, 5.41) is 6.40. The van der Waals surface area contributed by atoms with Crippen LogP contribution < -0.4 is 24.8 Å². The van der Waals surface area contributed by atoms with E-state index in [4.69, 9.17) is 14.2 Å². The number of nitrogens with zero attached hydrogens (tertiary/aromatic N) is 1. The molecular formula is C19H25FIN3O3. The molecule has 27 heavy (non-hydrogen) atoms. The Morgan fingerprint density at radius 2 is 1.48 bits per heavy atom. The second kappa shape index (κ2) is 11.5. The van der Waals surface area contributed by atoms with Gasteiger partial charge in [-0.2, -0.15) is 0 Å². The molecule has 0 aliphatic heterocycles. The molecule has 0 radical (unpaired) electrons. The largest absolute Gasteiger partial charge is 0.496 e. The number of benzene rings is 2. The van der Waals surface area contributed by atoms with Crippen LogP contribution in [-0.4, -0.2) is 34.3 Å². The van der Waals surface area contributed by atoms with Gasteiger partial charge in [0.1, 0.15) is 23.1 Å². The number of aliphatic imine (C=N–C) groups is 1. The molecule has 148 valence electrons. The van der Waals surface area contributed by atoms with E-state index in [2.05, 4.69) is 15.6 Å². The third-order valence-corrected chi connectivity index (χ3v) is 3.85. The number of rotatable bonds is 7. The van der Waals surface area contributed by atoms with Gasteiger partial charge in [-0.05, 0) is 17.7 Å². The molecule has 0 fully saturated rings. The monoisotopic (exact) mass is 489 g/mol. The van der Waals surface area contributed by atoms with Crippen molar-refractivity contribution >= 4 is 29.9 Å². The number of methoxy groups -OCH3 is 3. The SMILES string of the molecule is CN=C(NCc1ccc(F)cc1)NCc1c(OC)cc(OC)cc1OC.I. The van der Waals surface area contributed by atoms with Crippen LogP contribution in [0.15, 0.2) is 41.4 Å². The van der Waals surface area contributed by atoms with Crippen molar-refractivity contribution in [3.63, 3.8) is 0 Å². The first kappa shape index (κ1) is 22.8. The Balaban J connectivity index is 0.00000364. The van der Waals surface area contributed by atoms with Crippen molar-refractivity contribution in [1.82, 2.24) is 10.6 Å². The first-order valence-electron chi connectivity index (χ1n) is 8.09. The topological polar surface area (TPSA) is 64.1 Å². The van der Waals surface area contributed by atoms with Crippen LogP contribution in [0.3, 0.4) is 0 Å². The average molecular weight is 489 g/mol. The van der Waals surface area contributed by atoms with Crippen molar-refractivity contribution in [2.75, 3.05) is 28.4 Å². The van der Waals surface area contributed by atoms with Crippen LogP contribution in [-0.2, 0) is 13.1 Å². The first-order valence-corrected chi connectivity index (χ1v) is 8.09. The summed E-state index contributed by atoms with van der Waals surface area (Å²) in [5.74, 6) is 2.32. The maximum absolute atomic E-state index is 13.0. The smallest absolute Gasteiger partial charge is 0.191 e. The molecule has 0 aliphatic carbocycles. The maximum Gasteiger partial charge on any atom is 0.191 e. The summed E-state index contributed by atoms with van der Waals surface area (Å²) in [5.41, 5.74) is 1.80. The molecule has 0 aromatic heterocycles. The van der Waals surface area contributed by atoms with Crippen molar-refractivity contribution in [1.29, 1.82) is 0 Å². The Morgan fingerprint density at radius 1 is 0.926 bits per heavy atom. The molecule has 8 heteroatoms. The van der Waals surface area contributed by atoms with Gasteiger partial charge in [0.25, 0.3) is 0 Å². The highest BCUT2D eigenvalue weighted by molar-refractivity contribution is 14.0. The molecule has 0 spiro atoms. The molecule has 0 amide bonds. The van der Waals surface area contributed by atoms with Gasteiger partial charge in [0.05, 0.1) is 33.4 Å². The van der Waals surface area contributed by atoms with Crippen LogP contribution in [0.2, 0.25) is 0 Å². The van der Waals surface area contributed by atoms with Gasteiger partial charge >= 0.3 is 0 Å². The van der Waals surface area contributed by atoms with Crippen LogP contribution in [0.4, 0.5) is 4.39 Å². The summed E-state index contributed by atoms with van der Waals surface area (Å²) in [7, 11) is 6.47. The molecule has 0 atom stereocenters. The Hall–Kier alpha value is -2.23. The van der Waals surface area contributed by atoms with Gasteiger partial charge in [-0.15, -0.1) is 24.0 Å². The van der Waals surface area contributed by atoms with Crippen molar-refractivity contribution < 1.29 is 18.6 Å². The van der Waals surface area contributed by atoms with E-state index < -0.39 is 0 Å². The normalized spacial score (nSPS) is 10.6. The zero-order chi connectivity index (χ0) is 18.9. The van der Waals surface area contributed by atoms with Gasteiger partial charge in [-0.25, -0.2) is 4.39 Å². The van der Waals surface area contributed by atoms with Crippen LogP contribution in [0.25, 0.3) is 0 Å². The van der Waals surface area contributed by atoms with Crippen molar-refractivity contribution in [2.24, 2.45) is 4.99 Å². The summed E-state index contributed by atoms with van der Waals surface area (Å²) < 4.78 is 29.1. The molecule has 0 saturated carbocycles. The lowest BCUT2D eigenvalue weighted by atomic mass is 10.1. The standard InChI is InChI=1S/C19H24FN3O3.HI/c1-21-19(22-11-13-5-7-14(20)8-6-13)23-12-16-17(25-3)9-15(24-2)10-18(16)26-4;/h5-10H,11-12H2,1-4H3,(H2,21,22,23);1H. The Labute approximate surface area is 176 Å². The van der Waals surface area contributed by atoms with E-state index in [0.29, 0.717) is 36.3 Å². The number of halogens is 2. The lowest BCUT2D eigenvalue weighted by Gasteiger charge is -2.17. The third kappa shape index (κ3) is 6.46. The van der Waals surface area contributed by atoms with Gasteiger partial charge in [-0.1, -0.05) is 12.1 Å². The number of hydrogen-bond acceptors (Lipinski definition) is 4. The Morgan fingerprint density at radius 3 is 1.96 bits per heavy atom. The fourth-order valence-electron chi connectivity index (χ4n) is 2.43. The highest BCUT2D eigenvalue weighted by Gasteiger charge is 2.13. The zero-order valence-electron chi connectivity index (χ0n) is 15.8. The minimum Gasteiger partial charge on any atom is -0.496 e. The summed E-state index contributed by atoms with van der Waals surface area (Å²) in [6, 6.07) is 9.92. The minimum absolute atomic E-state index is 0. The van der Waals surface area contributed by atoms with E-state index in [-0.39, 0.29) is 29.8 Å². The predicted octanol–water partition coefficient (Wildman–Crippen LogP) is 3.33. The van der Waals surface area contributed by atoms with Crippen LogP contribution in [0.5, 0.6) is 17.2 Å². The Kier molecular flexibility index (Phi) is 9.70. The van der Waals surface area contributed by atoms with E-state index >= 15 is 0 Å². The van der Waals surface area contributed by atoms with Gasteiger partial charge < -0.3 is 24.8 Å². The van der Waals surface area contributed by atoms with Gasteiger partial charge in [0, 0.05) is 25.7 Å². The number of nitrogens with one attached hydrogen (secondary N) is 2. The van der Waals surface area contributed by atoms with Crippen LogP contribution >= 0.6 is 24.0 Å². The Bertz CT molecular complexity index is 729. The fraction of sp³-hybridized carbons (Fsp3) is 0.316. The van der Waals surface area contributed by atoms with Crippen LogP contribution in [0, 0.1) is 5.82 Å². The summed E-state index contributed by atoms with van der Waals surface area (Å²) in [6.45, 7) is 0.969. The molecule has 0 bridgehead atoms. The van der Waals surface area contributed by atoms with Crippen molar-refractivity contribution in [2.45, 2.75) is 13.1 Å². The molecule has 0 aliphatic rings.